The first-order valence-electron chi connectivity index (χ1n) is 11.3. The van der Waals surface area contributed by atoms with E-state index in [0.717, 1.165) is 5.75 Å². The van der Waals surface area contributed by atoms with Crippen molar-refractivity contribution in [1.29, 1.82) is 0 Å². The summed E-state index contributed by atoms with van der Waals surface area (Å²) >= 11 is 0. The van der Waals surface area contributed by atoms with E-state index in [0.29, 0.717) is 25.1 Å². The summed E-state index contributed by atoms with van der Waals surface area (Å²) in [5, 5.41) is 8.11. The summed E-state index contributed by atoms with van der Waals surface area (Å²) in [6.07, 6.45) is 0.771. The third kappa shape index (κ3) is 9.43. The average molecular weight is 480 g/mol. The molecule has 0 radical (unpaired) electrons. The number of urea groups is 1. The van der Waals surface area contributed by atoms with Gasteiger partial charge in [-0.3, -0.25) is 9.59 Å². The Kier molecular flexibility index (Phi) is 10.4. The second-order valence-corrected chi connectivity index (χ2v) is 14.9. The Morgan fingerprint density at radius 2 is 1.64 bits per heavy atom. The summed E-state index contributed by atoms with van der Waals surface area (Å²) in [4.78, 5) is 36.2. The average Bonchev–Trinajstić information content (AvgIpc) is 2.69. The van der Waals surface area contributed by atoms with Crippen LogP contribution in [0.4, 0.5) is 10.5 Å². The molecule has 0 unspecified atom stereocenters. The number of hydrogen-bond donors (Lipinski definition) is 5. The number of benzene rings is 1. The molecule has 1 rings (SSSR count). The SMILES string of the molecule is CC(C)[C@H](N)C(=O)N[C@@H](CCCNC(N)=O)C(=O)Nc1ccc(O[Si](C)(C)C(C)(C)C)cc1. The number of amides is 4. The van der Waals surface area contributed by atoms with Gasteiger partial charge in [0, 0.05) is 12.2 Å². The molecular weight excluding hydrogens is 438 g/mol. The molecule has 7 N–H and O–H groups in total. The van der Waals surface area contributed by atoms with E-state index in [1.165, 1.54) is 0 Å². The Labute approximate surface area is 198 Å². The zero-order valence-corrected chi connectivity index (χ0v) is 22.0. The van der Waals surface area contributed by atoms with Gasteiger partial charge in [-0.05, 0) is 61.2 Å². The molecule has 0 saturated carbocycles. The molecule has 0 heterocycles. The van der Waals surface area contributed by atoms with E-state index >= 15 is 0 Å². The topological polar surface area (TPSA) is 149 Å². The molecule has 10 heteroatoms. The molecule has 2 atom stereocenters. The molecule has 0 spiro atoms. The zero-order valence-electron chi connectivity index (χ0n) is 21.0. The molecule has 33 heavy (non-hydrogen) atoms. The second-order valence-electron chi connectivity index (χ2n) is 10.1. The van der Waals surface area contributed by atoms with Crippen molar-refractivity contribution >= 4 is 31.9 Å². The van der Waals surface area contributed by atoms with E-state index in [4.69, 9.17) is 15.9 Å². The van der Waals surface area contributed by atoms with Crippen molar-refractivity contribution in [3.8, 4) is 5.75 Å². The van der Waals surface area contributed by atoms with Gasteiger partial charge in [0.2, 0.25) is 20.1 Å². The van der Waals surface area contributed by atoms with Gasteiger partial charge in [-0.15, -0.1) is 0 Å². The van der Waals surface area contributed by atoms with Crippen LogP contribution in [-0.4, -0.2) is 44.8 Å². The first-order valence-corrected chi connectivity index (χ1v) is 14.2. The van der Waals surface area contributed by atoms with Crippen molar-refractivity contribution in [2.45, 2.75) is 77.7 Å². The quantitative estimate of drug-likeness (QED) is 0.244. The summed E-state index contributed by atoms with van der Waals surface area (Å²) in [6, 6.07) is 5.03. The number of rotatable bonds is 11. The van der Waals surface area contributed by atoms with Gasteiger partial charge in [0.1, 0.15) is 11.8 Å². The Bertz CT molecular complexity index is 806. The second kappa shape index (κ2) is 12.0. The van der Waals surface area contributed by atoms with Crippen LogP contribution in [0.3, 0.4) is 0 Å². The van der Waals surface area contributed by atoms with E-state index < -0.39 is 32.3 Å². The Hall–Kier alpha value is -2.59. The number of nitrogens with one attached hydrogen (secondary N) is 3. The summed E-state index contributed by atoms with van der Waals surface area (Å²) in [5.74, 6) is -0.0777. The lowest BCUT2D eigenvalue weighted by Gasteiger charge is -2.36. The lowest BCUT2D eigenvalue weighted by atomic mass is 10.0. The standard InChI is InChI=1S/C23H41N5O4Si/c1-15(2)19(24)21(30)28-18(9-8-14-26-22(25)31)20(29)27-16-10-12-17(13-11-16)32-33(6,7)23(3,4)5/h10-13,15,18-19H,8-9,14,24H2,1-7H3,(H,27,29)(H,28,30)(H3,25,26,31)/t18-,19-/m0/s1. The van der Waals surface area contributed by atoms with Crippen molar-refractivity contribution in [1.82, 2.24) is 10.6 Å². The predicted octanol–water partition coefficient (Wildman–Crippen LogP) is 2.93. The largest absolute Gasteiger partial charge is 0.544 e. The molecule has 0 aliphatic heterocycles. The maximum atomic E-state index is 12.9. The zero-order chi connectivity index (χ0) is 25.4. The van der Waals surface area contributed by atoms with Crippen LogP contribution in [0.5, 0.6) is 5.75 Å². The number of hydrogen-bond acceptors (Lipinski definition) is 5. The van der Waals surface area contributed by atoms with E-state index in [2.05, 4.69) is 49.8 Å². The number of carbonyl (C=O) groups excluding carboxylic acids is 3. The number of primary amides is 1. The van der Waals surface area contributed by atoms with Gasteiger partial charge >= 0.3 is 6.03 Å². The van der Waals surface area contributed by atoms with Gasteiger partial charge in [-0.1, -0.05) is 34.6 Å². The van der Waals surface area contributed by atoms with Crippen molar-refractivity contribution in [2.24, 2.45) is 17.4 Å². The Morgan fingerprint density at radius 1 is 1.06 bits per heavy atom. The van der Waals surface area contributed by atoms with Gasteiger partial charge in [-0.25, -0.2) is 4.79 Å². The molecule has 1 aromatic rings. The van der Waals surface area contributed by atoms with Crippen molar-refractivity contribution in [3.05, 3.63) is 24.3 Å². The van der Waals surface area contributed by atoms with E-state index in [1.807, 2.05) is 26.0 Å². The lowest BCUT2D eigenvalue weighted by molar-refractivity contribution is -0.128. The normalized spacial score (nSPS) is 13.7. The summed E-state index contributed by atoms with van der Waals surface area (Å²) in [6.45, 7) is 14.8. The summed E-state index contributed by atoms with van der Waals surface area (Å²) in [5.41, 5.74) is 11.6. The van der Waals surface area contributed by atoms with Crippen LogP contribution in [0, 0.1) is 5.92 Å². The first kappa shape index (κ1) is 28.4. The van der Waals surface area contributed by atoms with Crippen molar-refractivity contribution < 1.29 is 18.8 Å². The molecule has 0 bridgehead atoms. The Balaban J connectivity index is 2.85. The molecule has 0 aromatic heterocycles. The molecule has 0 aliphatic rings. The first-order chi connectivity index (χ1) is 15.1. The molecule has 0 aliphatic carbocycles. The minimum Gasteiger partial charge on any atom is -0.544 e. The third-order valence-electron chi connectivity index (χ3n) is 5.92. The van der Waals surface area contributed by atoms with Crippen molar-refractivity contribution in [2.75, 3.05) is 11.9 Å². The molecule has 0 saturated heterocycles. The van der Waals surface area contributed by atoms with Gasteiger partial charge < -0.3 is 31.8 Å². The Morgan fingerprint density at radius 3 is 2.12 bits per heavy atom. The van der Waals surface area contributed by atoms with Crippen LogP contribution in [-0.2, 0) is 9.59 Å². The smallest absolute Gasteiger partial charge is 0.312 e. The predicted molar refractivity (Wildman–Crippen MR) is 134 cm³/mol. The van der Waals surface area contributed by atoms with Crippen LogP contribution < -0.4 is 31.8 Å². The monoisotopic (exact) mass is 479 g/mol. The van der Waals surface area contributed by atoms with E-state index in [9.17, 15) is 14.4 Å². The summed E-state index contributed by atoms with van der Waals surface area (Å²) < 4.78 is 6.27. The van der Waals surface area contributed by atoms with Crippen LogP contribution in [0.15, 0.2) is 24.3 Å². The fourth-order valence-corrected chi connectivity index (χ4v) is 3.67. The highest BCUT2D eigenvalue weighted by molar-refractivity contribution is 6.74. The third-order valence-corrected chi connectivity index (χ3v) is 10.3. The molecule has 186 valence electrons. The molecule has 0 fully saturated rings. The van der Waals surface area contributed by atoms with Crippen LogP contribution in [0.2, 0.25) is 18.1 Å². The fraction of sp³-hybridized carbons (Fsp3) is 0.609. The highest BCUT2D eigenvalue weighted by Crippen LogP contribution is 2.37. The summed E-state index contributed by atoms with van der Waals surface area (Å²) in [7, 11) is -1.96. The highest BCUT2D eigenvalue weighted by Gasteiger charge is 2.39. The highest BCUT2D eigenvalue weighted by atomic mass is 28.4. The van der Waals surface area contributed by atoms with Crippen LogP contribution >= 0.6 is 0 Å². The number of nitrogens with two attached hydrogens (primary N) is 2. The van der Waals surface area contributed by atoms with Gasteiger partial charge in [0.05, 0.1) is 6.04 Å². The number of carbonyl (C=O) groups is 3. The van der Waals surface area contributed by atoms with E-state index in [-0.39, 0.29) is 16.9 Å². The minimum atomic E-state index is -1.96. The molecule has 9 nitrogen and oxygen atoms in total. The lowest BCUT2D eigenvalue weighted by Crippen LogP contribution is -2.51. The van der Waals surface area contributed by atoms with E-state index in [1.54, 1.807) is 12.1 Å². The minimum absolute atomic E-state index is 0.0707. The maximum Gasteiger partial charge on any atom is 0.312 e. The molecule has 4 amide bonds. The van der Waals surface area contributed by atoms with Gasteiger partial charge in [-0.2, -0.15) is 0 Å². The van der Waals surface area contributed by atoms with Crippen molar-refractivity contribution in [3.63, 3.8) is 0 Å². The van der Waals surface area contributed by atoms with Crippen LogP contribution in [0.1, 0.15) is 47.5 Å². The fourth-order valence-electron chi connectivity index (χ4n) is 2.64. The molecule has 1 aromatic carbocycles. The number of anilines is 1. The molecular formula is C23H41N5O4Si. The van der Waals surface area contributed by atoms with Crippen LogP contribution in [0.25, 0.3) is 0 Å². The maximum absolute atomic E-state index is 12.9. The van der Waals surface area contributed by atoms with Gasteiger partial charge in [0.25, 0.3) is 0 Å². The van der Waals surface area contributed by atoms with Gasteiger partial charge in [0.15, 0.2) is 0 Å².